The van der Waals surface area contributed by atoms with Crippen molar-refractivity contribution in [3.63, 3.8) is 0 Å². The van der Waals surface area contributed by atoms with Crippen molar-refractivity contribution in [2.45, 2.75) is 26.3 Å². The Morgan fingerprint density at radius 3 is 2.42 bits per heavy atom. The van der Waals surface area contributed by atoms with Gasteiger partial charge in [-0.05, 0) is 41.3 Å². The van der Waals surface area contributed by atoms with Crippen LogP contribution in [0.5, 0.6) is 5.75 Å². The summed E-state index contributed by atoms with van der Waals surface area (Å²) in [5.74, 6) is 0.221. The lowest BCUT2D eigenvalue weighted by molar-refractivity contribution is -0.116. The van der Waals surface area contributed by atoms with Crippen molar-refractivity contribution < 1.29 is 14.3 Å². The van der Waals surface area contributed by atoms with Gasteiger partial charge in [0.05, 0.1) is 5.56 Å². The summed E-state index contributed by atoms with van der Waals surface area (Å²) in [7, 11) is 0. The zero-order chi connectivity index (χ0) is 17.5. The van der Waals surface area contributed by atoms with Gasteiger partial charge in [-0.25, -0.2) is 4.79 Å². The molecule has 0 aliphatic heterocycles. The van der Waals surface area contributed by atoms with E-state index in [1.54, 1.807) is 30.3 Å². The Bertz CT molecular complexity index is 733. The molecule has 24 heavy (non-hydrogen) atoms. The van der Waals surface area contributed by atoms with Crippen LogP contribution in [0, 0.1) is 0 Å². The van der Waals surface area contributed by atoms with E-state index < -0.39 is 5.97 Å². The lowest BCUT2D eigenvalue weighted by Crippen LogP contribution is -2.20. The molecular formula is C20H21NO3. The van der Waals surface area contributed by atoms with Crippen LogP contribution in [-0.4, -0.2) is 11.9 Å². The zero-order valence-corrected chi connectivity index (χ0v) is 13.9. The molecule has 0 bridgehead atoms. The van der Waals surface area contributed by atoms with E-state index in [4.69, 9.17) is 4.74 Å². The first-order chi connectivity index (χ1) is 11.5. The monoisotopic (exact) mass is 323 g/mol. The lowest BCUT2D eigenvalue weighted by atomic mass is 10.0. The van der Waals surface area contributed by atoms with E-state index in [1.165, 1.54) is 6.08 Å². The molecule has 4 nitrogen and oxygen atoms in total. The number of para-hydroxylation sites is 1. The molecule has 0 fully saturated rings. The van der Waals surface area contributed by atoms with Gasteiger partial charge in [0.1, 0.15) is 5.75 Å². The maximum absolute atomic E-state index is 12.3. The first-order valence-electron chi connectivity index (χ1n) is 7.81. The zero-order valence-electron chi connectivity index (χ0n) is 13.9. The highest BCUT2D eigenvalue weighted by Gasteiger charge is 2.13. The fourth-order valence-electron chi connectivity index (χ4n) is 2.23. The third-order valence-electron chi connectivity index (χ3n) is 3.59. The first kappa shape index (κ1) is 17.5. The fourth-order valence-corrected chi connectivity index (χ4v) is 2.23. The van der Waals surface area contributed by atoms with E-state index in [9.17, 15) is 9.59 Å². The van der Waals surface area contributed by atoms with Gasteiger partial charge in [0.15, 0.2) is 0 Å². The minimum absolute atomic E-state index is 0.233. The average Bonchev–Trinajstić information content (AvgIpc) is 2.60. The predicted molar refractivity (Wildman–Crippen MR) is 94.0 cm³/mol. The number of carbonyl (C=O) groups excluding carboxylic acids is 2. The third-order valence-corrected chi connectivity index (χ3v) is 3.59. The van der Waals surface area contributed by atoms with E-state index in [0.29, 0.717) is 17.9 Å². The van der Waals surface area contributed by atoms with Gasteiger partial charge in [0, 0.05) is 6.54 Å². The second-order valence-corrected chi connectivity index (χ2v) is 5.70. The van der Waals surface area contributed by atoms with Crippen molar-refractivity contribution in [1.82, 2.24) is 5.32 Å². The number of hydrogen-bond donors (Lipinski definition) is 1. The molecule has 0 heterocycles. The molecule has 0 radical (unpaired) electrons. The standard InChI is InChI=1S/C20H21NO3/c1-4-19(22)21-13-15-9-11-16(12-10-15)20(23)24-18-8-6-5-7-17(18)14(2)3/h4-12,14H,1,13H2,2-3H3,(H,21,22). The molecule has 124 valence electrons. The van der Waals surface area contributed by atoms with Gasteiger partial charge in [0.25, 0.3) is 0 Å². The first-order valence-corrected chi connectivity index (χ1v) is 7.81. The summed E-state index contributed by atoms with van der Waals surface area (Å²) < 4.78 is 5.53. The Balaban J connectivity index is 2.05. The van der Waals surface area contributed by atoms with Crippen LogP contribution in [0.25, 0.3) is 0 Å². The van der Waals surface area contributed by atoms with Gasteiger partial charge in [-0.2, -0.15) is 0 Å². The van der Waals surface area contributed by atoms with Crippen LogP contribution in [0.4, 0.5) is 0 Å². The highest BCUT2D eigenvalue weighted by Crippen LogP contribution is 2.26. The SMILES string of the molecule is C=CC(=O)NCc1ccc(C(=O)Oc2ccccc2C(C)C)cc1. The molecule has 2 aromatic carbocycles. The predicted octanol–water partition coefficient (Wildman–Crippen LogP) is 3.83. The van der Waals surface area contributed by atoms with E-state index in [-0.39, 0.29) is 11.8 Å². The molecule has 1 amide bonds. The smallest absolute Gasteiger partial charge is 0.343 e. The highest BCUT2D eigenvalue weighted by molar-refractivity contribution is 5.91. The van der Waals surface area contributed by atoms with Crippen LogP contribution in [0.3, 0.4) is 0 Å². The molecule has 2 rings (SSSR count). The molecule has 0 aliphatic carbocycles. The van der Waals surface area contributed by atoms with Crippen molar-refractivity contribution in [2.24, 2.45) is 0 Å². The van der Waals surface area contributed by atoms with Crippen molar-refractivity contribution in [1.29, 1.82) is 0 Å². The molecule has 0 spiro atoms. The Hall–Kier alpha value is -2.88. The van der Waals surface area contributed by atoms with Gasteiger partial charge in [-0.3, -0.25) is 4.79 Å². The summed E-state index contributed by atoms with van der Waals surface area (Å²) in [5, 5.41) is 2.68. The number of nitrogens with one attached hydrogen (secondary N) is 1. The van der Waals surface area contributed by atoms with Crippen LogP contribution < -0.4 is 10.1 Å². The minimum atomic E-state index is -0.398. The minimum Gasteiger partial charge on any atom is -0.423 e. The number of benzene rings is 2. The molecule has 1 N–H and O–H groups in total. The fraction of sp³-hybridized carbons (Fsp3) is 0.200. The summed E-state index contributed by atoms with van der Waals surface area (Å²) in [6.45, 7) is 7.89. The Kier molecular flexibility index (Phi) is 5.90. The molecule has 0 atom stereocenters. The van der Waals surface area contributed by atoms with Crippen LogP contribution in [0.1, 0.15) is 41.3 Å². The molecule has 0 unspecified atom stereocenters. The van der Waals surface area contributed by atoms with E-state index in [2.05, 4.69) is 25.7 Å². The maximum atomic E-state index is 12.3. The number of rotatable bonds is 6. The van der Waals surface area contributed by atoms with Gasteiger partial charge in [-0.15, -0.1) is 0 Å². The van der Waals surface area contributed by atoms with E-state index >= 15 is 0 Å². The molecule has 4 heteroatoms. The van der Waals surface area contributed by atoms with Crippen LogP contribution in [-0.2, 0) is 11.3 Å². The number of amides is 1. The summed E-state index contributed by atoms with van der Waals surface area (Å²) in [6, 6.07) is 14.5. The Morgan fingerprint density at radius 1 is 1.12 bits per heavy atom. The van der Waals surface area contributed by atoms with Crippen LogP contribution in [0.15, 0.2) is 61.2 Å². The molecule has 0 saturated carbocycles. The van der Waals surface area contributed by atoms with Crippen LogP contribution >= 0.6 is 0 Å². The van der Waals surface area contributed by atoms with Crippen molar-refractivity contribution in [3.8, 4) is 5.75 Å². The van der Waals surface area contributed by atoms with E-state index in [1.807, 2.05) is 18.2 Å². The Morgan fingerprint density at radius 2 is 1.79 bits per heavy atom. The molecular weight excluding hydrogens is 302 g/mol. The van der Waals surface area contributed by atoms with E-state index in [0.717, 1.165) is 11.1 Å². The molecule has 2 aromatic rings. The molecule has 0 saturated heterocycles. The number of esters is 1. The summed E-state index contributed by atoms with van der Waals surface area (Å²) >= 11 is 0. The van der Waals surface area contributed by atoms with Crippen molar-refractivity contribution in [3.05, 3.63) is 77.9 Å². The molecule has 0 aliphatic rings. The topological polar surface area (TPSA) is 55.4 Å². The normalized spacial score (nSPS) is 10.3. The second-order valence-electron chi connectivity index (χ2n) is 5.70. The summed E-state index contributed by atoms with van der Waals surface area (Å²) in [6.07, 6.45) is 1.22. The van der Waals surface area contributed by atoms with Gasteiger partial charge in [0.2, 0.25) is 5.91 Å². The number of carbonyl (C=O) groups is 2. The summed E-state index contributed by atoms with van der Waals surface area (Å²) in [5.41, 5.74) is 2.35. The van der Waals surface area contributed by atoms with Crippen LogP contribution in [0.2, 0.25) is 0 Å². The molecule has 0 aromatic heterocycles. The van der Waals surface area contributed by atoms with Gasteiger partial charge < -0.3 is 10.1 Å². The maximum Gasteiger partial charge on any atom is 0.343 e. The van der Waals surface area contributed by atoms with Crippen molar-refractivity contribution >= 4 is 11.9 Å². The highest BCUT2D eigenvalue weighted by atomic mass is 16.5. The van der Waals surface area contributed by atoms with Crippen molar-refractivity contribution in [2.75, 3.05) is 0 Å². The second kappa shape index (κ2) is 8.11. The quantitative estimate of drug-likeness (QED) is 0.499. The number of hydrogen-bond acceptors (Lipinski definition) is 3. The Labute approximate surface area is 142 Å². The average molecular weight is 323 g/mol. The lowest BCUT2D eigenvalue weighted by Gasteiger charge is -2.12. The van der Waals surface area contributed by atoms with Gasteiger partial charge >= 0.3 is 5.97 Å². The number of ether oxygens (including phenoxy) is 1. The van der Waals surface area contributed by atoms with Gasteiger partial charge in [-0.1, -0.05) is 50.8 Å². The largest absolute Gasteiger partial charge is 0.423 e. The summed E-state index contributed by atoms with van der Waals surface area (Å²) in [4.78, 5) is 23.5. The third kappa shape index (κ3) is 4.56.